The van der Waals surface area contributed by atoms with Crippen LogP contribution in [0.1, 0.15) is 0 Å². The molecule has 3 aromatic rings. The highest BCUT2D eigenvalue weighted by Crippen LogP contribution is 2.25. The Morgan fingerprint density at radius 1 is 0.970 bits per heavy atom. The van der Waals surface area contributed by atoms with Gasteiger partial charge in [0.25, 0.3) is 17.2 Å². The molecule has 1 heterocycles. The van der Waals surface area contributed by atoms with Gasteiger partial charge in [-0.2, -0.15) is 0 Å². The number of benzene rings is 2. The Labute approximate surface area is 187 Å². The molecule has 0 bridgehead atoms. The summed E-state index contributed by atoms with van der Waals surface area (Å²) < 4.78 is 11.6. The highest BCUT2D eigenvalue weighted by atomic mass is 16.6. The molecular weight excluding hydrogens is 432 g/mol. The second-order valence-electron chi connectivity index (χ2n) is 6.73. The maximum Gasteiger partial charge on any atom is 0.285 e. The summed E-state index contributed by atoms with van der Waals surface area (Å²) in [5.74, 6) is -0.0708. The minimum Gasteiger partial charge on any atom is -0.493 e. The molecule has 11 nitrogen and oxygen atoms in total. The number of carbonyl (C=O) groups excluding carboxylic acids is 2. The van der Waals surface area contributed by atoms with E-state index in [0.717, 1.165) is 22.9 Å². The Kier molecular flexibility index (Phi) is 7.37. The van der Waals surface area contributed by atoms with Gasteiger partial charge in [0.15, 0.2) is 18.1 Å². The molecule has 0 aliphatic heterocycles. The minimum atomic E-state index is -0.655. The van der Waals surface area contributed by atoms with Gasteiger partial charge < -0.3 is 20.1 Å². The molecule has 2 N–H and O–H groups in total. The number of anilines is 2. The van der Waals surface area contributed by atoms with Crippen LogP contribution < -0.4 is 25.7 Å². The topological polar surface area (TPSA) is 142 Å². The molecule has 2 amide bonds. The van der Waals surface area contributed by atoms with Gasteiger partial charge in [0.1, 0.15) is 6.54 Å². The molecule has 0 saturated carbocycles. The van der Waals surface area contributed by atoms with Crippen molar-refractivity contribution in [3.8, 4) is 11.5 Å². The molecule has 0 spiro atoms. The van der Waals surface area contributed by atoms with Crippen molar-refractivity contribution in [3.05, 3.63) is 87.3 Å². The van der Waals surface area contributed by atoms with Gasteiger partial charge in [-0.25, -0.2) is 0 Å². The third-order valence-electron chi connectivity index (χ3n) is 4.35. The summed E-state index contributed by atoms with van der Waals surface area (Å²) in [5, 5.41) is 16.1. The quantitative estimate of drug-likeness (QED) is 0.375. The van der Waals surface area contributed by atoms with Crippen molar-refractivity contribution in [2.45, 2.75) is 6.54 Å². The van der Waals surface area contributed by atoms with Crippen molar-refractivity contribution >= 4 is 28.9 Å². The van der Waals surface area contributed by atoms with Crippen LogP contribution in [0, 0.1) is 10.1 Å². The van der Waals surface area contributed by atoms with E-state index in [-0.39, 0.29) is 12.3 Å². The lowest BCUT2D eigenvalue weighted by Crippen LogP contribution is -2.27. The Hall–Kier alpha value is -4.67. The third-order valence-corrected chi connectivity index (χ3v) is 4.35. The third kappa shape index (κ3) is 6.40. The highest BCUT2D eigenvalue weighted by molar-refractivity contribution is 5.94. The Balaban J connectivity index is 1.58. The Morgan fingerprint density at radius 3 is 2.30 bits per heavy atom. The molecule has 11 heteroatoms. The Bertz CT molecular complexity index is 1240. The number of rotatable bonds is 9. The maximum atomic E-state index is 12.3. The van der Waals surface area contributed by atoms with Gasteiger partial charge in [-0.3, -0.25) is 29.1 Å². The van der Waals surface area contributed by atoms with Crippen molar-refractivity contribution < 1.29 is 24.0 Å². The van der Waals surface area contributed by atoms with Gasteiger partial charge in [-0.05, 0) is 30.3 Å². The molecule has 33 heavy (non-hydrogen) atoms. The molecule has 170 valence electrons. The van der Waals surface area contributed by atoms with E-state index in [0.29, 0.717) is 22.9 Å². The first-order valence-corrected chi connectivity index (χ1v) is 9.66. The van der Waals surface area contributed by atoms with E-state index in [1.54, 1.807) is 42.5 Å². The first-order chi connectivity index (χ1) is 15.9. The van der Waals surface area contributed by atoms with Crippen LogP contribution in [0.2, 0.25) is 0 Å². The molecule has 2 aromatic carbocycles. The molecule has 0 saturated heterocycles. The Morgan fingerprint density at radius 2 is 1.64 bits per heavy atom. The van der Waals surface area contributed by atoms with Gasteiger partial charge in [0.05, 0.1) is 18.2 Å². The number of hydrogen-bond donors (Lipinski definition) is 2. The summed E-state index contributed by atoms with van der Waals surface area (Å²) >= 11 is 0. The SMILES string of the molecule is COc1ccccc1OCC(=O)Nc1cccc(NC(=O)Cn2cc([N+](=O)[O-])ccc2=O)c1. The molecule has 0 aliphatic carbocycles. The van der Waals surface area contributed by atoms with Gasteiger partial charge in [0.2, 0.25) is 5.91 Å². The van der Waals surface area contributed by atoms with Crippen LogP contribution in [-0.4, -0.2) is 35.0 Å². The first-order valence-electron chi connectivity index (χ1n) is 9.66. The molecule has 0 unspecified atom stereocenters. The number of ether oxygens (including phenoxy) is 2. The lowest BCUT2D eigenvalue weighted by molar-refractivity contribution is -0.385. The lowest BCUT2D eigenvalue weighted by Gasteiger charge is -2.11. The molecule has 0 radical (unpaired) electrons. The zero-order valence-electron chi connectivity index (χ0n) is 17.5. The minimum absolute atomic E-state index is 0.257. The molecule has 0 atom stereocenters. The number of methoxy groups -OCH3 is 1. The van der Waals surface area contributed by atoms with Gasteiger partial charge in [0, 0.05) is 23.5 Å². The van der Waals surface area contributed by atoms with Crippen LogP contribution in [-0.2, 0) is 16.1 Å². The van der Waals surface area contributed by atoms with Crippen molar-refractivity contribution in [1.82, 2.24) is 4.57 Å². The number of nitrogens with one attached hydrogen (secondary N) is 2. The smallest absolute Gasteiger partial charge is 0.285 e. The summed E-state index contributed by atoms with van der Waals surface area (Å²) in [4.78, 5) is 46.6. The second kappa shape index (κ2) is 10.6. The van der Waals surface area contributed by atoms with Crippen LogP contribution in [0.5, 0.6) is 11.5 Å². The summed E-state index contributed by atoms with van der Waals surface area (Å²) in [5.41, 5.74) is -0.0786. The predicted molar refractivity (Wildman–Crippen MR) is 120 cm³/mol. The molecular formula is C22H20N4O7. The van der Waals surface area contributed by atoms with Gasteiger partial charge >= 0.3 is 0 Å². The van der Waals surface area contributed by atoms with Crippen LogP contribution in [0.25, 0.3) is 0 Å². The summed E-state index contributed by atoms with van der Waals surface area (Å²) in [6, 6.07) is 15.4. The monoisotopic (exact) mass is 452 g/mol. The zero-order valence-corrected chi connectivity index (χ0v) is 17.5. The molecule has 0 fully saturated rings. The maximum absolute atomic E-state index is 12.3. The van der Waals surface area contributed by atoms with Gasteiger partial charge in [-0.1, -0.05) is 18.2 Å². The van der Waals surface area contributed by atoms with Crippen LogP contribution in [0.15, 0.2) is 71.7 Å². The van der Waals surface area contributed by atoms with E-state index in [1.807, 2.05) is 0 Å². The fourth-order valence-corrected chi connectivity index (χ4v) is 2.86. The van der Waals surface area contributed by atoms with Crippen LogP contribution in [0.4, 0.5) is 17.1 Å². The number of para-hydroxylation sites is 2. The fourth-order valence-electron chi connectivity index (χ4n) is 2.86. The molecule has 1 aromatic heterocycles. The van der Waals surface area contributed by atoms with Crippen LogP contribution >= 0.6 is 0 Å². The van der Waals surface area contributed by atoms with Crippen molar-refractivity contribution in [2.75, 3.05) is 24.4 Å². The molecule has 3 rings (SSSR count). The normalized spacial score (nSPS) is 10.2. The number of aromatic nitrogens is 1. The van der Waals surface area contributed by atoms with E-state index < -0.39 is 28.8 Å². The lowest BCUT2D eigenvalue weighted by atomic mass is 10.2. The number of nitro groups is 1. The summed E-state index contributed by atoms with van der Waals surface area (Å²) in [6.07, 6.45) is 1.00. The number of hydrogen-bond acceptors (Lipinski definition) is 7. The number of pyridine rings is 1. The van der Waals surface area contributed by atoms with E-state index in [4.69, 9.17) is 9.47 Å². The number of nitrogens with zero attached hydrogens (tertiary/aromatic N) is 2. The molecule has 0 aliphatic rings. The summed E-state index contributed by atoms with van der Waals surface area (Å²) in [7, 11) is 1.50. The predicted octanol–water partition coefficient (Wildman–Crippen LogP) is 2.42. The van der Waals surface area contributed by atoms with Gasteiger partial charge in [-0.15, -0.1) is 0 Å². The van der Waals surface area contributed by atoms with Crippen molar-refractivity contribution in [1.29, 1.82) is 0 Å². The van der Waals surface area contributed by atoms with E-state index in [9.17, 15) is 24.5 Å². The van der Waals surface area contributed by atoms with E-state index >= 15 is 0 Å². The number of amides is 2. The number of carbonyl (C=O) groups is 2. The fraction of sp³-hybridized carbons (Fsp3) is 0.136. The van der Waals surface area contributed by atoms with Crippen LogP contribution in [0.3, 0.4) is 0 Å². The van der Waals surface area contributed by atoms with E-state index in [2.05, 4.69) is 10.6 Å². The van der Waals surface area contributed by atoms with Crippen molar-refractivity contribution in [2.24, 2.45) is 0 Å². The first kappa shape index (κ1) is 23.0. The second-order valence-corrected chi connectivity index (χ2v) is 6.73. The largest absolute Gasteiger partial charge is 0.493 e. The zero-order chi connectivity index (χ0) is 23.8. The average molecular weight is 452 g/mol. The standard InChI is InChI=1S/C22H20N4O7/c1-32-18-7-2-3-8-19(18)33-14-21(28)24-16-6-4-5-15(11-16)23-20(27)13-25-12-17(26(30)31)9-10-22(25)29/h2-12H,13-14H2,1H3,(H,23,27)(H,24,28). The highest BCUT2D eigenvalue weighted by Gasteiger charge is 2.12. The average Bonchev–Trinajstić information content (AvgIpc) is 2.79. The van der Waals surface area contributed by atoms with E-state index in [1.165, 1.54) is 13.2 Å². The summed E-state index contributed by atoms with van der Waals surface area (Å²) in [6.45, 7) is -0.670. The van der Waals surface area contributed by atoms with Crippen molar-refractivity contribution in [3.63, 3.8) is 0 Å².